The van der Waals surface area contributed by atoms with Gasteiger partial charge >= 0.3 is 5.97 Å². The van der Waals surface area contributed by atoms with Gasteiger partial charge in [0.05, 0.1) is 27.7 Å². The summed E-state index contributed by atoms with van der Waals surface area (Å²) in [7, 11) is 1.21. The van der Waals surface area contributed by atoms with Crippen molar-refractivity contribution in [1.29, 1.82) is 0 Å². The van der Waals surface area contributed by atoms with Crippen molar-refractivity contribution in [2.75, 3.05) is 47.5 Å². The summed E-state index contributed by atoms with van der Waals surface area (Å²) in [5.74, 6) is -0.397. The average Bonchev–Trinajstić information content (AvgIpc) is 2.87. The number of allylic oxidation sites excluding steroid dienone is 2. The van der Waals surface area contributed by atoms with Crippen LogP contribution in [0.25, 0.3) is 0 Å². The molecule has 0 aliphatic rings. The van der Waals surface area contributed by atoms with E-state index in [2.05, 4.69) is 19.1 Å². The predicted molar refractivity (Wildman–Crippen MR) is 162 cm³/mol. The third-order valence-electron chi connectivity index (χ3n) is 6.73. The van der Waals surface area contributed by atoms with Gasteiger partial charge in [0.2, 0.25) is 0 Å². The van der Waals surface area contributed by atoms with E-state index in [-0.39, 0.29) is 19.6 Å². The van der Waals surface area contributed by atoms with Gasteiger partial charge in [-0.3, -0.25) is 9.36 Å². The van der Waals surface area contributed by atoms with Gasteiger partial charge in [-0.05, 0) is 39.0 Å². The molecular formula is C31H62NO7P. The van der Waals surface area contributed by atoms with Crippen molar-refractivity contribution in [3.05, 3.63) is 12.2 Å². The molecule has 0 bridgehead atoms. The minimum atomic E-state index is -4.54. The molecule has 0 aliphatic carbocycles. The van der Waals surface area contributed by atoms with E-state index in [1.165, 1.54) is 96.8 Å². The lowest BCUT2D eigenvalue weighted by molar-refractivity contribution is -0.870. The summed E-state index contributed by atoms with van der Waals surface area (Å²) in [6.45, 7) is 3.22. The third-order valence-corrected chi connectivity index (χ3v) is 7.68. The number of phosphoric acid groups is 1. The van der Waals surface area contributed by atoms with E-state index in [9.17, 15) is 19.4 Å². The zero-order valence-electron chi connectivity index (χ0n) is 26.5. The molecule has 1 N–H and O–H groups in total. The van der Waals surface area contributed by atoms with E-state index in [1.807, 2.05) is 21.1 Å². The number of nitrogens with zero attached hydrogens (tertiary/aromatic N) is 1. The minimum absolute atomic E-state index is 0.0152. The highest BCUT2D eigenvalue weighted by Crippen LogP contribution is 2.39. The first-order valence-electron chi connectivity index (χ1n) is 15.8. The fraction of sp³-hybridized carbons (Fsp3) is 0.903. The van der Waals surface area contributed by atoms with Gasteiger partial charge in [-0.15, -0.1) is 0 Å². The number of carbonyl (C=O) groups is 1. The largest absolute Gasteiger partial charge is 0.756 e. The first kappa shape index (κ1) is 39.2. The molecule has 0 aromatic rings. The van der Waals surface area contributed by atoms with Crippen molar-refractivity contribution in [3.8, 4) is 0 Å². The number of aliphatic hydroxyl groups is 1. The predicted octanol–water partition coefficient (Wildman–Crippen LogP) is 7.09. The zero-order valence-corrected chi connectivity index (χ0v) is 27.4. The molecule has 0 amide bonds. The van der Waals surface area contributed by atoms with E-state index in [0.717, 1.165) is 19.3 Å². The Hall–Kier alpha value is -0.760. The normalized spacial score (nSPS) is 15.3. The second-order valence-electron chi connectivity index (χ2n) is 12.5. The molecule has 8 nitrogen and oxygen atoms in total. The number of phosphoric ester groups is 1. The van der Waals surface area contributed by atoms with Crippen LogP contribution in [0.5, 0.6) is 0 Å². The molecule has 0 fully saturated rings. The maximum absolute atomic E-state index is 12.0. The van der Waals surface area contributed by atoms with Gasteiger partial charge in [-0.25, -0.2) is 0 Å². The molecule has 2 atom stereocenters. The number of unbranched alkanes of at least 4 members (excludes halogenated alkanes) is 15. The van der Waals surface area contributed by atoms with Crippen LogP contribution < -0.4 is 4.89 Å². The number of quaternary nitrogens is 1. The van der Waals surface area contributed by atoms with Gasteiger partial charge in [0.1, 0.15) is 25.4 Å². The zero-order chi connectivity index (χ0) is 30.2. The van der Waals surface area contributed by atoms with Crippen molar-refractivity contribution in [2.24, 2.45) is 0 Å². The van der Waals surface area contributed by atoms with E-state index in [4.69, 9.17) is 13.8 Å². The number of rotatable bonds is 28. The molecule has 40 heavy (non-hydrogen) atoms. The van der Waals surface area contributed by atoms with Crippen molar-refractivity contribution < 1.29 is 37.6 Å². The maximum Gasteiger partial charge on any atom is 0.305 e. The fourth-order valence-corrected chi connectivity index (χ4v) is 4.89. The van der Waals surface area contributed by atoms with Crippen LogP contribution in [0.1, 0.15) is 129 Å². The molecule has 0 saturated heterocycles. The molecular weight excluding hydrogens is 529 g/mol. The van der Waals surface area contributed by atoms with Crippen LogP contribution in [0.4, 0.5) is 0 Å². The molecule has 9 heteroatoms. The van der Waals surface area contributed by atoms with Crippen LogP contribution >= 0.6 is 7.82 Å². The van der Waals surface area contributed by atoms with Gasteiger partial charge in [0.25, 0.3) is 7.82 Å². The lowest BCUT2D eigenvalue weighted by Gasteiger charge is -2.30. The van der Waals surface area contributed by atoms with Crippen LogP contribution in [-0.4, -0.2) is 68.7 Å². The molecule has 2 unspecified atom stereocenters. The quantitative estimate of drug-likeness (QED) is 0.0341. The Labute approximate surface area is 246 Å². The van der Waals surface area contributed by atoms with E-state index >= 15 is 0 Å². The summed E-state index contributed by atoms with van der Waals surface area (Å²) < 4.78 is 27.1. The summed E-state index contributed by atoms with van der Waals surface area (Å²) in [5, 5.41) is 10.3. The molecule has 0 radical (unpaired) electrons. The van der Waals surface area contributed by atoms with E-state index in [0.29, 0.717) is 11.0 Å². The molecule has 0 saturated carbocycles. The number of esters is 1. The Balaban J connectivity index is 3.62. The summed E-state index contributed by atoms with van der Waals surface area (Å²) in [6, 6.07) is 0. The summed E-state index contributed by atoms with van der Waals surface area (Å²) >= 11 is 0. The monoisotopic (exact) mass is 591 g/mol. The van der Waals surface area contributed by atoms with Crippen molar-refractivity contribution in [3.63, 3.8) is 0 Å². The maximum atomic E-state index is 12.0. The fourth-order valence-electron chi connectivity index (χ4n) is 4.08. The van der Waals surface area contributed by atoms with Gasteiger partial charge in [-0.2, -0.15) is 0 Å². The van der Waals surface area contributed by atoms with Crippen molar-refractivity contribution in [1.82, 2.24) is 0 Å². The average molecular weight is 592 g/mol. The van der Waals surface area contributed by atoms with Crippen molar-refractivity contribution in [2.45, 2.75) is 135 Å². The van der Waals surface area contributed by atoms with Gasteiger partial charge in [0, 0.05) is 6.42 Å². The lowest BCUT2D eigenvalue weighted by atomic mass is 10.1. The molecule has 238 valence electrons. The van der Waals surface area contributed by atoms with Gasteiger partial charge in [-0.1, -0.05) is 96.1 Å². The SMILES string of the molecule is CCCCCCCC/C=C\CCCCCCCCCCCC(=O)OCC(C)(O)COP(=O)([O-])OCC[N+](C)(C)C. The molecule has 0 heterocycles. The molecule has 0 aliphatic heterocycles. The third kappa shape index (κ3) is 28.8. The van der Waals surface area contributed by atoms with Crippen LogP contribution in [0.3, 0.4) is 0 Å². The van der Waals surface area contributed by atoms with E-state index in [1.54, 1.807) is 0 Å². The summed E-state index contributed by atoms with van der Waals surface area (Å²) in [5.41, 5.74) is -1.62. The second kappa shape index (κ2) is 23.8. The topological polar surface area (TPSA) is 105 Å². The number of hydrogen-bond acceptors (Lipinski definition) is 7. The Kier molecular flexibility index (Phi) is 23.3. The Morgan fingerprint density at radius 1 is 0.800 bits per heavy atom. The van der Waals surface area contributed by atoms with Crippen LogP contribution in [0.15, 0.2) is 12.2 Å². The first-order valence-corrected chi connectivity index (χ1v) is 17.3. The summed E-state index contributed by atoms with van der Waals surface area (Å²) in [4.78, 5) is 23.8. The number of likely N-dealkylation sites (N-methyl/N-ethyl adjacent to an activating group) is 1. The molecule has 0 aromatic heterocycles. The van der Waals surface area contributed by atoms with Crippen molar-refractivity contribution >= 4 is 13.8 Å². The first-order chi connectivity index (χ1) is 18.9. The van der Waals surface area contributed by atoms with Crippen LogP contribution in [0.2, 0.25) is 0 Å². The highest BCUT2D eigenvalue weighted by molar-refractivity contribution is 7.45. The Morgan fingerprint density at radius 3 is 1.77 bits per heavy atom. The summed E-state index contributed by atoms with van der Waals surface area (Å²) in [6.07, 6.45) is 26.1. The Morgan fingerprint density at radius 2 is 1.27 bits per heavy atom. The number of ether oxygens (including phenoxy) is 1. The van der Waals surface area contributed by atoms with Gasteiger partial charge in [0.15, 0.2) is 0 Å². The molecule has 0 spiro atoms. The van der Waals surface area contributed by atoms with Crippen LogP contribution in [-0.2, 0) is 23.1 Å². The van der Waals surface area contributed by atoms with Crippen LogP contribution in [0, 0.1) is 0 Å². The lowest BCUT2D eigenvalue weighted by Crippen LogP contribution is -2.39. The standard InChI is InChI=1S/C31H62NO7P/c1-6-7-8-9-10-11-12-13-14-15-16-17-18-19-20-21-22-23-24-25-30(33)37-28-31(2,34)29-39-40(35,36)38-27-26-32(3,4)5/h13-14,34H,6-12,15-29H2,1-5H3/b14-13-. The minimum Gasteiger partial charge on any atom is -0.756 e. The Bertz CT molecular complexity index is 692. The molecule has 0 rings (SSSR count). The number of carbonyl (C=O) groups excluding carboxylic acids is 1. The highest BCUT2D eigenvalue weighted by Gasteiger charge is 2.26. The van der Waals surface area contributed by atoms with E-state index < -0.39 is 26.0 Å². The smallest absolute Gasteiger partial charge is 0.305 e. The molecule has 0 aromatic carbocycles. The highest BCUT2D eigenvalue weighted by atomic mass is 31.2. The van der Waals surface area contributed by atoms with Gasteiger partial charge < -0.3 is 28.3 Å². The second-order valence-corrected chi connectivity index (χ2v) is 13.9. The number of hydrogen-bond donors (Lipinski definition) is 1.